The molecule has 6 unspecified atom stereocenters. The largest absolute Gasteiger partial charge is 0.481 e. The zero-order valence-electron chi connectivity index (χ0n) is 29.9. The molecule has 52 heavy (non-hydrogen) atoms. The normalized spacial score (nSPS) is 16.8. The first-order valence-corrected chi connectivity index (χ1v) is 17.3. The first kappa shape index (κ1) is 45.2. The molecule has 1 saturated heterocycles. The maximum Gasteiger partial charge on any atom is 0.326 e. The lowest BCUT2D eigenvalue weighted by Gasteiger charge is -2.30. The molecule has 0 radical (unpaired) electrons. The van der Waals surface area contributed by atoms with E-state index in [0.717, 1.165) is 0 Å². The standard InChI is InChI=1S/C32H54N8O12/c1-17(2)15-22(32(51)52)39-30(49)23-8-6-14-40(23)31(50)21(7-4-5-13-33)38-29(48)20(10-12-26(44)45)36-24(41)16-35-28(47)19(9-11-25(42)43)37-27(46)18(3)34/h17-23H,4-16,33-34H2,1-3H3,(H,35,47)(H,36,41)(H,37,46)(H,38,48)(H,39,49)(H,42,43)(H,44,45)(H,51,52). The topological polar surface area (TPSA) is 330 Å². The minimum atomic E-state index is -1.49. The maximum absolute atomic E-state index is 13.8. The zero-order valence-corrected chi connectivity index (χ0v) is 29.9. The van der Waals surface area contributed by atoms with Gasteiger partial charge in [-0.05, 0) is 70.8 Å². The van der Waals surface area contributed by atoms with Crippen LogP contribution in [0, 0.1) is 5.92 Å². The predicted octanol–water partition coefficient (Wildman–Crippen LogP) is -2.63. The van der Waals surface area contributed by atoms with E-state index in [4.69, 9.17) is 16.6 Å². The van der Waals surface area contributed by atoms with E-state index in [2.05, 4.69) is 26.6 Å². The van der Waals surface area contributed by atoms with E-state index in [1.165, 1.54) is 11.8 Å². The molecule has 20 heteroatoms. The van der Waals surface area contributed by atoms with Gasteiger partial charge in [-0.3, -0.25) is 38.4 Å². The Hall–Kier alpha value is -4.85. The average Bonchev–Trinajstić information content (AvgIpc) is 3.56. The molecule has 20 nitrogen and oxygen atoms in total. The molecule has 1 aliphatic heterocycles. The second-order valence-electron chi connectivity index (χ2n) is 13.1. The minimum Gasteiger partial charge on any atom is -0.481 e. The van der Waals surface area contributed by atoms with E-state index in [1.807, 2.05) is 0 Å². The van der Waals surface area contributed by atoms with Gasteiger partial charge in [-0.2, -0.15) is 0 Å². The molecular weight excluding hydrogens is 688 g/mol. The van der Waals surface area contributed by atoms with Crippen LogP contribution < -0.4 is 38.1 Å². The summed E-state index contributed by atoms with van der Waals surface area (Å²) in [7, 11) is 0. The van der Waals surface area contributed by atoms with Crippen molar-refractivity contribution in [2.75, 3.05) is 19.6 Å². The van der Waals surface area contributed by atoms with Gasteiger partial charge < -0.3 is 58.3 Å². The first-order chi connectivity index (χ1) is 24.4. The monoisotopic (exact) mass is 742 g/mol. The highest BCUT2D eigenvalue weighted by Gasteiger charge is 2.39. The molecule has 0 aromatic carbocycles. The van der Waals surface area contributed by atoms with Crippen molar-refractivity contribution in [1.82, 2.24) is 31.5 Å². The van der Waals surface area contributed by atoms with Crippen molar-refractivity contribution in [1.29, 1.82) is 0 Å². The number of hydrogen-bond donors (Lipinski definition) is 10. The van der Waals surface area contributed by atoms with Gasteiger partial charge in [0.1, 0.15) is 30.2 Å². The quantitative estimate of drug-likeness (QED) is 0.0453. The third kappa shape index (κ3) is 16.4. The molecule has 294 valence electrons. The van der Waals surface area contributed by atoms with Gasteiger partial charge in [0.15, 0.2) is 0 Å². The summed E-state index contributed by atoms with van der Waals surface area (Å²) in [5, 5.41) is 39.8. The molecule has 1 heterocycles. The van der Waals surface area contributed by atoms with Gasteiger partial charge >= 0.3 is 17.9 Å². The number of unbranched alkanes of at least 4 members (excludes halogenated alkanes) is 1. The zero-order chi connectivity index (χ0) is 39.5. The number of hydrogen-bond acceptors (Lipinski definition) is 11. The Bertz CT molecular complexity index is 1290. The van der Waals surface area contributed by atoms with Crippen molar-refractivity contribution in [3.8, 4) is 0 Å². The fourth-order valence-electron chi connectivity index (χ4n) is 5.40. The van der Waals surface area contributed by atoms with E-state index in [9.17, 15) is 53.4 Å². The van der Waals surface area contributed by atoms with E-state index >= 15 is 0 Å². The lowest BCUT2D eigenvalue weighted by molar-refractivity contribution is -0.145. The van der Waals surface area contributed by atoms with Gasteiger partial charge in [0.2, 0.25) is 35.4 Å². The predicted molar refractivity (Wildman–Crippen MR) is 183 cm³/mol. The number of amides is 6. The van der Waals surface area contributed by atoms with Gasteiger partial charge in [-0.25, -0.2) is 4.79 Å². The third-order valence-corrected chi connectivity index (χ3v) is 8.14. The van der Waals surface area contributed by atoms with Crippen LogP contribution in [0.1, 0.15) is 85.0 Å². The van der Waals surface area contributed by atoms with Crippen LogP contribution in [0.5, 0.6) is 0 Å². The summed E-state index contributed by atoms with van der Waals surface area (Å²) in [5.41, 5.74) is 11.1. The Kier molecular flexibility index (Phi) is 19.9. The third-order valence-electron chi connectivity index (χ3n) is 8.14. The SMILES string of the molecule is CC(C)CC(NC(=O)C1CCCN1C(=O)C(CCCCN)NC(=O)C(CCC(=O)O)NC(=O)CNC(=O)C(CCC(=O)O)NC(=O)C(C)N)C(=O)O. The Morgan fingerprint density at radius 2 is 1.31 bits per heavy atom. The van der Waals surface area contributed by atoms with E-state index < -0.39 is 115 Å². The number of carboxylic acids is 3. The number of carbonyl (C=O) groups excluding carboxylic acids is 6. The summed E-state index contributed by atoms with van der Waals surface area (Å²) >= 11 is 0. The highest BCUT2D eigenvalue weighted by Crippen LogP contribution is 2.21. The van der Waals surface area contributed by atoms with Crippen molar-refractivity contribution >= 4 is 53.4 Å². The number of rotatable bonds is 24. The fraction of sp³-hybridized carbons (Fsp3) is 0.719. The number of likely N-dealkylation sites (tertiary alicyclic amines) is 1. The molecule has 0 bridgehead atoms. The van der Waals surface area contributed by atoms with Crippen molar-refractivity contribution in [2.24, 2.45) is 17.4 Å². The molecule has 6 atom stereocenters. The number of carboxylic acid groups (broad SMARTS) is 3. The van der Waals surface area contributed by atoms with Crippen LogP contribution in [0.25, 0.3) is 0 Å². The van der Waals surface area contributed by atoms with Gasteiger partial charge in [0, 0.05) is 19.4 Å². The Morgan fingerprint density at radius 1 is 0.731 bits per heavy atom. The Balaban J connectivity index is 3.12. The summed E-state index contributed by atoms with van der Waals surface area (Å²) in [6.45, 7) is 4.64. The van der Waals surface area contributed by atoms with Crippen molar-refractivity contribution < 1.29 is 58.5 Å². The van der Waals surface area contributed by atoms with Gasteiger partial charge in [-0.15, -0.1) is 0 Å². The smallest absolute Gasteiger partial charge is 0.326 e. The van der Waals surface area contributed by atoms with Crippen LogP contribution in [0.4, 0.5) is 0 Å². The van der Waals surface area contributed by atoms with Gasteiger partial charge in [0.05, 0.1) is 12.6 Å². The van der Waals surface area contributed by atoms with Crippen molar-refractivity contribution in [2.45, 2.75) is 121 Å². The lowest BCUT2D eigenvalue weighted by atomic mass is 10.0. The first-order valence-electron chi connectivity index (χ1n) is 17.3. The van der Waals surface area contributed by atoms with Crippen LogP contribution in [0.2, 0.25) is 0 Å². The highest BCUT2D eigenvalue weighted by molar-refractivity contribution is 5.96. The van der Waals surface area contributed by atoms with E-state index in [1.54, 1.807) is 13.8 Å². The summed E-state index contributed by atoms with van der Waals surface area (Å²) in [5.74, 6) is -8.57. The van der Waals surface area contributed by atoms with Crippen LogP contribution in [0.3, 0.4) is 0 Å². The van der Waals surface area contributed by atoms with Crippen LogP contribution in [0.15, 0.2) is 0 Å². The van der Waals surface area contributed by atoms with Crippen LogP contribution >= 0.6 is 0 Å². The number of aliphatic carboxylic acids is 3. The van der Waals surface area contributed by atoms with E-state index in [-0.39, 0.29) is 44.7 Å². The average molecular weight is 743 g/mol. The Labute approximate surface area is 301 Å². The van der Waals surface area contributed by atoms with E-state index in [0.29, 0.717) is 19.3 Å². The molecule has 6 amide bonds. The summed E-state index contributed by atoms with van der Waals surface area (Å²) < 4.78 is 0. The number of nitrogens with one attached hydrogen (secondary N) is 5. The minimum absolute atomic E-state index is 0.0376. The van der Waals surface area contributed by atoms with Crippen molar-refractivity contribution in [3.63, 3.8) is 0 Å². The second-order valence-corrected chi connectivity index (χ2v) is 13.1. The van der Waals surface area contributed by atoms with Crippen molar-refractivity contribution in [3.05, 3.63) is 0 Å². The second kappa shape index (κ2) is 22.9. The lowest BCUT2D eigenvalue weighted by Crippen LogP contribution is -2.58. The number of carbonyl (C=O) groups is 9. The molecule has 12 N–H and O–H groups in total. The molecule has 0 saturated carbocycles. The molecule has 0 aromatic heterocycles. The van der Waals surface area contributed by atoms with Crippen LogP contribution in [-0.2, 0) is 43.2 Å². The molecule has 1 fully saturated rings. The van der Waals surface area contributed by atoms with Gasteiger partial charge in [-0.1, -0.05) is 13.8 Å². The molecular formula is C32H54N8O12. The maximum atomic E-state index is 13.8. The molecule has 1 aliphatic rings. The highest BCUT2D eigenvalue weighted by atomic mass is 16.4. The van der Waals surface area contributed by atoms with Crippen LogP contribution in [-0.4, -0.2) is 129 Å². The fourth-order valence-corrected chi connectivity index (χ4v) is 5.40. The summed E-state index contributed by atoms with van der Waals surface area (Å²) in [6, 6.07) is -7.25. The molecule has 0 aromatic rings. The Morgan fingerprint density at radius 3 is 1.83 bits per heavy atom. The molecule has 0 aliphatic carbocycles. The number of nitrogens with two attached hydrogens (primary N) is 2. The summed E-state index contributed by atoms with van der Waals surface area (Å²) in [6.07, 6.45) is 0.0287. The molecule has 1 rings (SSSR count). The molecule has 0 spiro atoms. The number of nitrogens with zero attached hydrogens (tertiary/aromatic N) is 1. The summed E-state index contributed by atoms with van der Waals surface area (Å²) in [4.78, 5) is 114. The van der Waals surface area contributed by atoms with Gasteiger partial charge in [0.25, 0.3) is 0 Å².